The normalized spacial score (nSPS) is 17.9. The van der Waals surface area contributed by atoms with Gasteiger partial charge in [0.15, 0.2) is 5.75 Å². The zero-order valence-electron chi connectivity index (χ0n) is 10.1. The summed E-state index contributed by atoms with van der Waals surface area (Å²) in [6.07, 6.45) is 1.54. The molecular formula is C13H17Cl2NO2. The molecule has 1 saturated heterocycles. The van der Waals surface area contributed by atoms with E-state index < -0.39 is 0 Å². The second kappa shape index (κ2) is 6.62. The molecule has 2 rings (SSSR count). The van der Waals surface area contributed by atoms with Crippen LogP contribution in [-0.4, -0.2) is 42.4 Å². The van der Waals surface area contributed by atoms with E-state index in [-0.39, 0.29) is 6.10 Å². The zero-order chi connectivity index (χ0) is 13.0. The highest BCUT2D eigenvalue weighted by Gasteiger charge is 2.16. The first kappa shape index (κ1) is 13.9. The first-order chi connectivity index (χ1) is 8.66. The van der Waals surface area contributed by atoms with E-state index in [0.29, 0.717) is 22.4 Å². The van der Waals surface area contributed by atoms with E-state index in [9.17, 15) is 5.11 Å². The van der Waals surface area contributed by atoms with Gasteiger partial charge in [-0.3, -0.25) is 4.90 Å². The molecule has 0 radical (unpaired) electrons. The van der Waals surface area contributed by atoms with Crippen LogP contribution in [0.2, 0.25) is 10.0 Å². The number of hydrogen-bond acceptors (Lipinski definition) is 3. The summed E-state index contributed by atoms with van der Waals surface area (Å²) in [5.41, 5.74) is 0. The maximum atomic E-state index is 9.41. The monoisotopic (exact) mass is 289 g/mol. The van der Waals surface area contributed by atoms with Gasteiger partial charge in [0.2, 0.25) is 0 Å². The maximum absolute atomic E-state index is 9.41. The third kappa shape index (κ3) is 3.75. The van der Waals surface area contributed by atoms with Gasteiger partial charge in [0.05, 0.1) is 16.1 Å². The van der Waals surface area contributed by atoms with Crippen LogP contribution in [0.15, 0.2) is 18.2 Å². The molecule has 0 bridgehead atoms. The highest BCUT2D eigenvalue weighted by Crippen LogP contribution is 2.32. The van der Waals surface area contributed by atoms with E-state index in [2.05, 4.69) is 4.90 Å². The lowest BCUT2D eigenvalue weighted by Gasteiger charge is -2.29. The molecule has 1 heterocycles. The van der Waals surface area contributed by atoms with Gasteiger partial charge < -0.3 is 9.84 Å². The fourth-order valence-electron chi connectivity index (χ4n) is 2.04. The number of halogens is 2. The topological polar surface area (TPSA) is 32.7 Å². The van der Waals surface area contributed by atoms with E-state index in [1.54, 1.807) is 18.2 Å². The van der Waals surface area contributed by atoms with Crippen molar-refractivity contribution in [2.24, 2.45) is 0 Å². The van der Waals surface area contributed by atoms with Crippen molar-refractivity contribution in [1.82, 2.24) is 4.90 Å². The zero-order valence-corrected chi connectivity index (χ0v) is 11.6. The van der Waals surface area contributed by atoms with Crippen molar-refractivity contribution >= 4 is 23.2 Å². The Labute approximate surface area is 117 Å². The molecule has 0 spiro atoms. The fourth-order valence-corrected chi connectivity index (χ4v) is 2.55. The Kier molecular flexibility index (Phi) is 5.13. The predicted molar refractivity (Wildman–Crippen MR) is 73.6 cm³/mol. The van der Waals surface area contributed by atoms with Crippen LogP contribution in [0.4, 0.5) is 0 Å². The number of rotatable bonds is 4. The minimum absolute atomic E-state index is 0.139. The molecular weight excluding hydrogens is 273 g/mol. The van der Waals surface area contributed by atoms with Crippen molar-refractivity contribution < 1.29 is 9.84 Å². The van der Waals surface area contributed by atoms with E-state index >= 15 is 0 Å². The summed E-state index contributed by atoms with van der Waals surface area (Å²) in [5.74, 6) is 0.554. The number of piperidine rings is 1. The molecule has 1 N–H and O–H groups in total. The molecule has 1 aliphatic rings. The quantitative estimate of drug-likeness (QED) is 0.925. The van der Waals surface area contributed by atoms with Crippen molar-refractivity contribution in [1.29, 1.82) is 0 Å². The summed E-state index contributed by atoms with van der Waals surface area (Å²) in [5, 5.41) is 10.5. The average molecular weight is 290 g/mol. The van der Waals surface area contributed by atoms with Crippen molar-refractivity contribution in [3.8, 4) is 5.75 Å². The van der Waals surface area contributed by atoms with Crippen LogP contribution >= 0.6 is 23.2 Å². The van der Waals surface area contributed by atoms with Crippen LogP contribution in [0, 0.1) is 0 Å². The van der Waals surface area contributed by atoms with E-state index in [0.717, 1.165) is 32.5 Å². The Morgan fingerprint density at radius 1 is 1.22 bits per heavy atom. The van der Waals surface area contributed by atoms with Gasteiger partial charge in [0.1, 0.15) is 6.61 Å². The summed E-state index contributed by atoms with van der Waals surface area (Å²) in [4.78, 5) is 2.28. The Morgan fingerprint density at radius 2 is 1.83 bits per heavy atom. The molecule has 0 saturated carbocycles. The van der Waals surface area contributed by atoms with Gasteiger partial charge in [-0.05, 0) is 25.0 Å². The molecule has 0 atom stereocenters. The van der Waals surface area contributed by atoms with Crippen molar-refractivity contribution in [2.45, 2.75) is 18.9 Å². The van der Waals surface area contributed by atoms with Gasteiger partial charge in [-0.15, -0.1) is 0 Å². The number of para-hydroxylation sites is 1. The van der Waals surface area contributed by atoms with Crippen molar-refractivity contribution in [3.63, 3.8) is 0 Å². The van der Waals surface area contributed by atoms with Crippen LogP contribution in [-0.2, 0) is 0 Å². The van der Waals surface area contributed by atoms with Crippen LogP contribution < -0.4 is 4.74 Å². The van der Waals surface area contributed by atoms with Gasteiger partial charge in [0, 0.05) is 19.6 Å². The third-order valence-electron chi connectivity index (χ3n) is 3.13. The molecule has 0 aliphatic carbocycles. The highest BCUT2D eigenvalue weighted by molar-refractivity contribution is 6.37. The molecule has 3 nitrogen and oxygen atoms in total. The molecule has 0 unspecified atom stereocenters. The lowest BCUT2D eigenvalue weighted by molar-refractivity contribution is 0.0755. The summed E-state index contributed by atoms with van der Waals surface area (Å²) >= 11 is 12.0. The third-order valence-corrected chi connectivity index (χ3v) is 3.73. The van der Waals surface area contributed by atoms with Crippen molar-refractivity contribution in [2.75, 3.05) is 26.2 Å². The van der Waals surface area contributed by atoms with E-state index in [4.69, 9.17) is 27.9 Å². The molecule has 1 aliphatic heterocycles. The summed E-state index contributed by atoms with van der Waals surface area (Å²) in [7, 11) is 0. The lowest BCUT2D eigenvalue weighted by atomic mass is 10.1. The van der Waals surface area contributed by atoms with Crippen LogP contribution in [0.25, 0.3) is 0 Å². The first-order valence-corrected chi connectivity index (χ1v) is 6.89. The Hall–Kier alpha value is -0.480. The number of nitrogens with zero attached hydrogens (tertiary/aromatic N) is 1. The number of benzene rings is 1. The fraction of sp³-hybridized carbons (Fsp3) is 0.538. The standard InChI is InChI=1S/C13H17Cl2NO2/c14-11-2-1-3-12(15)13(11)18-9-8-16-6-4-10(17)5-7-16/h1-3,10,17H,4-9H2. The van der Waals surface area contributed by atoms with Crippen LogP contribution in [0.1, 0.15) is 12.8 Å². The summed E-state index contributed by atoms with van der Waals surface area (Å²) in [6.45, 7) is 3.22. The molecule has 1 fully saturated rings. The Balaban J connectivity index is 1.78. The lowest BCUT2D eigenvalue weighted by Crippen LogP contribution is -2.38. The molecule has 5 heteroatoms. The van der Waals surface area contributed by atoms with Crippen molar-refractivity contribution in [3.05, 3.63) is 28.2 Å². The Morgan fingerprint density at radius 3 is 2.44 bits per heavy atom. The molecule has 1 aromatic rings. The number of ether oxygens (including phenoxy) is 1. The van der Waals surface area contributed by atoms with Crippen LogP contribution in [0.5, 0.6) is 5.75 Å². The highest BCUT2D eigenvalue weighted by atomic mass is 35.5. The SMILES string of the molecule is OC1CCN(CCOc2c(Cl)cccc2Cl)CC1. The minimum Gasteiger partial charge on any atom is -0.489 e. The molecule has 18 heavy (non-hydrogen) atoms. The largest absolute Gasteiger partial charge is 0.489 e. The smallest absolute Gasteiger partial charge is 0.156 e. The van der Waals surface area contributed by atoms with Gasteiger partial charge in [-0.1, -0.05) is 29.3 Å². The number of aliphatic hydroxyl groups excluding tert-OH is 1. The van der Waals surface area contributed by atoms with Gasteiger partial charge >= 0.3 is 0 Å². The maximum Gasteiger partial charge on any atom is 0.156 e. The average Bonchev–Trinajstić information content (AvgIpc) is 2.35. The summed E-state index contributed by atoms with van der Waals surface area (Å²) < 4.78 is 5.63. The van der Waals surface area contributed by atoms with E-state index in [1.807, 2.05) is 0 Å². The molecule has 0 aromatic heterocycles. The minimum atomic E-state index is -0.139. The van der Waals surface area contributed by atoms with Gasteiger partial charge in [-0.25, -0.2) is 0 Å². The number of likely N-dealkylation sites (tertiary alicyclic amines) is 1. The summed E-state index contributed by atoms with van der Waals surface area (Å²) in [6, 6.07) is 5.32. The predicted octanol–water partition coefficient (Wildman–Crippen LogP) is 2.83. The Bertz CT molecular complexity index is 372. The molecule has 0 amide bonds. The second-order valence-corrected chi connectivity index (χ2v) is 5.29. The number of aliphatic hydroxyl groups is 1. The van der Waals surface area contributed by atoms with Gasteiger partial charge in [0.25, 0.3) is 0 Å². The second-order valence-electron chi connectivity index (χ2n) is 4.47. The van der Waals surface area contributed by atoms with Gasteiger partial charge in [-0.2, -0.15) is 0 Å². The van der Waals surface area contributed by atoms with E-state index in [1.165, 1.54) is 0 Å². The number of hydrogen-bond donors (Lipinski definition) is 1. The van der Waals surface area contributed by atoms with Crippen LogP contribution in [0.3, 0.4) is 0 Å². The molecule has 100 valence electrons. The first-order valence-electron chi connectivity index (χ1n) is 6.14. The molecule has 1 aromatic carbocycles.